The zero-order chi connectivity index (χ0) is 13.8. The molecule has 3 N–H and O–H groups in total. The predicted octanol–water partition coefficient (Wildman–Crippen LogP) is 1.74. The van der Waals surface area contributed by atoms with Gasteiger partial charge in [0.15, 0.2) is 0 Å². The molecule has 1 fully saturated rings. The molecule has 0 aromatic heterocycles. The highest BCUT2D eigenvalue weighted by Gasteiger charge is 2.30. The van der Waals surface area contributed by atoms with E-state index in [0.29, 0.717) is 0 Å². The van der Waals surface area contributed by atoms with Crippen LogP contribution in [0.1, 0.15) is 42.5 Å². The molecule has 1 heterocycles. The van der Waals surface area contributed by atoms with E-state index in [1.165, 1.54) is 16.7 Å². The lowest BCUT2D eigenvalue weighted by molar-refractivity contribution is -0.122. The molecule has 0 radical (unpaired) electrons. The molecule has 0 spiro atoms. The second-order valence-electron chi connectivity index (χ2n) is 5.28. The van der Waals surface area contributed by atoms with Crippen molar-refractivity contribution < 1.29 is 4.79 Å². The first kappa shape index (κ1) is 14.0. The number of hydrogen-bond acceptors (Lipinski definition) is 3. The molecule has 1 amide bonds. The second kappa shape index (κ2) is 6.17. The topological polar surface area (TPSA) is 53.2 Å². The summed E-state index contributed by atoms with van der Waals surface area (Å²) in [6.07, 6.45) is 1.76. The Bertz CT molecular complexity index is 459. The van der Waals surface area contributed by atoms with Crippen LogP contribution in [-0.2, 0) is 4.79 Å². The normalized spacial score (nSPS) is 22.5. The van der Waals surface area contributed by atoms with Crippen LogP contribution in [0.4, 0.5) is 0 Å². The molecule has 1 aliphatic heterocycles. The van der Waals surface area contributed by atoms with E-state index in [2.05, 4.69) is 55.1 Å². The number of rotatable bonds is 4. The zero-order valence-electron chi connectivity index (χ0n) is 11.9. The van der Waals surface area contributed by atoms with Gasteiger partial charge in [0.25, 0.3) is 0 Å². The first-order valence-corrected chi connectivity index (χ1v) is 6.97. The van der Waals surface area contributed by atoms with Crippen LogP contribution in [0.5, 0.6) is 0 Å². The summed E-state index contributed by atoms with van der Waals surface area (Å²) in [4.78, 5) is 11.9. The summed E-state index contributed by atoms with van der Waals surface area (Å²) < 4.78 is 0. The summed E-state index contributed by atoms with van der Waals surface area (Å²) >= 11 is 0. The third kappa shape index (κ3) is 3.33. The third-order valence-electron chi connectivity index (χ3n) is 3.58. The number of aryl methyl sites for hydroxylation is 2. The molecule has 0 bridgehead atoms. The first-order chi connectivity index (χ1) is 9.11. The largest absolute Gasteiger partial charge is 0.355 e. The number of amides is 1. The van der Waals surface area contributed by atoms with Crippen LogP contribution in [0, 0.1) is 13.8 Å². The average molecular weight is 261 g/mol. The van der Waals surface area contributed by atoms with E-state index in [0.717, 1.165) is 19.4 Å². The third-order valence-corrected chi connectivity index (χ3v) is 3.58. The summed E-state index contributed by atoms with van der Waals surface area (Å²) in [7, 11) is 0. The number of carbonyl (C=O) groups is 1. The number of nitrogens with one attached hydrogen (secondary N) is 3. The average Bonchev–Trinajstić information content (AvgIpc) is 2.88. The Balaban J connectivity index is 2.01. The van der Waals surface area contributed by atoms with Crippen molar-refractivity contribution in [3.63, 3.8) is 0 Å². The highest BCUT2D eigenvalue weighted by molar-refractivity contribution is 5.82. The van der Waals surface area contributed by atoms with Crippen molar-refractivity contribution in [2.45, 2.75) is 45.7 Å². The fourth-order valence-electron chi connectivity index (χ4n) is 2.44. The highest BCUT2D eigenvalue weighted by Crippen LogP contribution is 2.25. The van der Waals surface area contributed by atoms with E-state index < -0.39 is 0 Å². The van der Waals surface area contributed by atoms with Crippen LogP contribution >= 0.6 is 0 Å². The minimum Gasteiger partial charge on any atom is -0.355 e. The summed E-state index contributed by atoms with van der Waals surface area (Å²) in [5, 5.41) is 2.93. The summed E-state index contributed by atoms with van der Waals surface area (Å²) in [6.45, 7) is 7.00. The van der Waals surface area contributed by atoms with Gasteiger partial charge in [-0.3, -0.25) is 4.79 Å². The molecule has 1 aromatic rings. The van der Waals surface area contributed by atoms with Crippen molar-refractivity contribution in [1.29, 1.82) is 0 Å². The van der Waals surface area contributed by atoms with Gasteiger partial charge in [-0.1, -0.05) is 30.7 Å². The molecule has 2 unspecified atom stereocenters. The van der Waals surface area contributed by atoms with Crippen LogP contribution in [0.25, 0.3) is 0 Å². The van der Waals surface area contributed by atoms with Gasteiger partial charge in [-0.15, -0.1) is 0 Å². The molecule has 1 aliphatic rings. The van der Waals surface area contributed by atoms with Crippen molar-refractivity contribution in [3.8, 4) is 0 Å². The second-order valence-corrected chi connectivity index (χ2v) is 5.28. The molecule has 0 aliphatic carbocycles. The molecule has 1 saturated heterocycles. The number of hydrazine groups is 1. The van der Waals surface area contributed by atoms with Crippen molar-refractivity contribution in [3.05, 3.63) is 34.9 Å². The lowest BCUT2D eigenvalue weighted by atomic mass is 9.96. The van der Waals surface area contributed by atoms with Gasteiger partial charge in [-0.25, -0.2) is 10.9 Å². The fraction of sp³-hybridized carbons (Fsp3) is 0.533. The molecular weight excluding hydrogens is 238 g/mol. The molecule has 19 heavy (non-hydrogen) atoms. The Morgan fingerprint density at radius 3 is 2.89 bits per heavy atom. The highest BCUT2D eigenvalue weighted by atomic mass is 16.2. The zero-order valence-corrected chi connectivity index (χ0v) is 11.9. The van der Waals surface area contributed by atoms with E-state index in [-0.39, 0.29) is 18.0 Å². The van der Waals surface area contributed by atoms with Gasteiger partial charge in [-0.05, 0) is 37.8 Å². The summed E-state index contributed by atoms with van der Waals surface area (Å²) in [5.41, 5.74) is 10.1. The molecule has 4 nitrogen and oxygen atoms in total. The van der Waals surface area contributed by atoms with Crippen molar-refractivity contribution >= 4 is 5.91 Å². The minimum atomic E-state index is -0.142. The van der Waals surface area contributed by atoms with Gasteiger partial charge < -0.3 is 5.32 Å². The maximum Gasteiger partial charge on any atom is 0.238 e. The van der Waals surface area contributed by atoms with E-state index in [1.54, 1.807) is 0 Å². The molecule has 2 atom stereocenters. The van der Waals surface area contributed by atoms with Gasteiger partial charge in [0.1, 0.15) is 6.04 Å². The number of benzene rings is 1. The molecule has 104 valence electrons. The van der Waals surface area contributed by atoms with E-state index in [9.17, 15) is 4.79 Å². The minimum absolute atomic E-state index is 0.0853. The van der Waals surface area contributed by atoms with Gasteiger partial charge in [0.2, 0.25) is 5.91 Å². The Morgan fingerprint density at radius 2 is 2.16 bits per heavy atom. The van der Waals surface area contributed by atoms with Gasteiger partial charge >= 0.3 is 0 Å². The molecule has 2 rings (SSSR count). The van der Waals surface area contributed by atoms with Gasteiger partial charge in [0, 0.05) is 12.6 Å². The van der Waals surface area contributed by atoms with Crippen molar-refractivity contribution in [2.24, 2.45) is 0 Å². The molecule has 1 aromatic carbocycles. The Kier molecular flexibility index (Phi) is 4.56. The SMILES string of the molecule is CCCNC(=O)C1CC(c2cc(C)ccc2C)NN1. The number of hydrogen-bond donors (Lipinski definition) is 3. The maximum absolute atomic E-state index is 11.9. The standard InChI is InChI=1S/C15H23N3O/c1-4-7-16-15(19)14-9-13(17-18-14)12-8-10(2)5-6-11(12)3/h5-6,8,13-14,17-18H,4,7,9H2,1-3H3,(H,16,19). The molecule has 0 saturated carbocycles. The van der Waals surface area contributed by atoms with Crippen LogP contribution in [-0.4, -0.2) is 18.5 Å². The lowest BCUT2D eigenvalue weighted by Crippen LogP contribution is -2.43. The predicted molar refractivity (Wildman–Crippen MR) is 76.6 cm³/mol. The van der Waals surface area contributed by atoms with Gasteiger partial charge in [0.05, 0.1) is 0 Å². The molecule has 4 heteroatoms. The smallest absolute Gasteiger partial charge is 0.238 e. The van der Waals surface area contributed by atoms with Crippen LogP contribution in [0.3, 0.4) is 0 Å². The first-order valence-electron chi connectivity index (χ1n) is 6.97. The van der Waals surface area contributed by atoms with Gasteiger partial charge in [-0.2, -0.15) is 0 Å². The number of carbonyl (C=O) groups excluding carboxylic acids is 1. The lowest BCUT2D eigenvalue weighted by Gasteiger charge is -2.14. The van der Waals surface area contributed by atoms with E-state index >= 15 is 0 Å². The monoisotopic (exact) mass is 261 g/mol. The van der Waals surface area contributed by atoms with Crippen molar-refractivity contribution in [2.75, 3.05) is 6.54 Å². The van der Waals surface area contributed by atoms with Crippen LogP contribution in [0.2, 0.25) is 0 Å². The molecular formula is C15H23N3O. The van der Waals surface area contributed by atoms with Crippen molar-refractivity contribution in [1.82, 2.24) is 16.2 Å². The summed E-state index contributed by atoms with van der Waals surface area (Å²) in [5.74, 6) is 0.0853. The van der Waals surface area contributed by atoms with Crippen LogP contribution in [0.15, 0.2) is 18.2 Å². The quantitative estimate of drug-likeness (QED) is 0.774. The van der Waals surface area contributed by atoms with E-state index in [1.807, 2.05) is 0 Å². The Labute approximate surface area is 114 Å². The Morgan fingerprint density at radius 1 is 1.37 bits per heavy atom. The maximum atomic E-state index is 11.9. The summed E-state index contributed by atoms with van der Waals surface area (Å²) in [6, 6.07) is 6.51. The van der Waals surface area contributed by atoms with Crippen LogP contribution < -0.4 is 16.2 Å². The van der Waals surface area contributed by atoms with E-state index in [4.69, 9.17) is 0 Å². The fourth-order valence-corrected chi connectivity index (χ4v) is 2.44. The Hall–Kier alpha value is -1.39.